The maximum Gasteiger partial charge on any atom is 0.203 e. The van der Waals surface area contributed by atoms with E-state index in [-0.39, 0.29) is 0 Å². The molecule has 4 heteroatoms. The Morgan fingerprint density at radius 1 is 1.29 bits per heavy atom. The molecule has 0 aromatic carbocycles. The van der Waals surface area contributed by atoms with E-state index < -0.39 is 0 Å². The second-order valence-corrected chi connectivity index (χ2v) is 4.11. The molecule has 0 saturated heterocycles. The van der Waals surface area contributed by atoms with Crippen LogP contribution in [0.5, 0.6) is 0 Å². The average Bonchev–Trinajstić information content (AvgIpc) is 2.69. The fraction of sp³-hybridized carbons (Fsp3) is 0.385. The number of aryl methyl sites for hydroxylation is 2. The van der Waals surface area contributed by atoms with Crippen LogP contribution in [0.1, 0.15) is 24.6 Å². The van der Waals surface area contributed by atoms with E-state index in [1.165, 1.54) is 5.56 Å². The van der Waals surface area contributed by atoms with Crippen LogP contribution in [0.2, 0.25) is 0 Å². The van der Waals surface area contributed by atoms with Crippen molar-refractivity contribution in [3.05, 3.63) is 42.0 Å². The lowest BCUT2D eigenvalue weighted by Gasteiger charge is -2.08. The van der Waals surface area contributed by atoms with Crippen LogP contribution >= 0.6 is 0 Å². The zero-order valence-corrected chi connectivity index (χ0v) is 10.3. The highest BCUT2D eigenvalue weighted by Gasteiger charge is 2.03. The number of aromatic nitrogens is 3. The molecule has 0 saturated carbocycles. The van der Waals surface area contributed by atoms with E-state index in [0.717, 1.165) is 31.2 Å². The Bertz CT molecular complexity index is 462. The summed E-state index contributed by atoms with van der Waals surface area (Å²) in [7, 11) is 0. The van der Waals surface area contributed by atoms with Crippen molar-refractivity contribution in [2.24, 2.45) is 0 Å². The van der Waals surface area contributed by atoms with Gasteiger partial charge in [0.05, 0.1) is 5.69 Å². The largest absolute Gasteiger partial charge is 0.352 e. The number of pyridine rings is 1. The first kappa shape index (κ1) is 11.6. The topological polar surface area (TPSA) is 42.7 Å². The van der Waals surface area contributed by atoms with Gasteiger partial charge in [-0.15, -0.1) is 0 Å². The van der Waals surface area contributed by atoms with Crippen molar-refractivity contribution < 1.29 is 0 Å². The maximum atomic E-state index is 4.48. The van der Waals surface area contributed by atoms with Gasteiger partial charge in [0.1, 0.15) is 0 Å². The smallest absolute Gasteiger partial charge is 0.203 e. The van der Waals surface area contributed by atoms with Gasteiger partial charge in [0, 0.05) is 31.7 Å². The van der Waals surface area contributed by atoms with E-state index in [4.69, 9.17) is 0 Å². The maximum absolute atomic E-state index is 4.48. The fourth-order valence-electron chi connectivity index (χ4n) is 1.78. The van der Waals surface area contributed by atoms with E-state index in [9.17, 15) is 0 Å². The second-order valence-electron chi connectivity index (χ2n) is 4.11. The van der Waals surface area contributed by atoms with Crippen molar-refractivity contribution in [1.29, 1.82) is 0 Å². The first-order valence-corrected chi connectivity index (χ1v) is 5.96. The molecule has 90 valence electrons. The molecule has 2 heterocycles. The third-order valence-electron chi connectivity index (χ3n) is 2.56. The molecule has 0 bridgehead atoms. The summed E-state index contributed by atoms with van der Waals surface area (Å²) in [4.78, 5) is 8.48. The molecule has 1 N–H and O–H groups in total. The first-order chi connectivity index (χ1) is 8.29. The van der Waals surface area contributed by atoms with Crippen LogP contribution in [-0.2, 0) is 13.1 Å². The predicted molar refractivity (Wildman–Crippen MR) is 68.8 cm³/mol. The van der Waals surface area contributed by atoms with Gasteiger partial charge >= 0.3 is 0 Å². The quantitative estimate of drug-likeness (QED) is 0.858. The minimum absolute atomic E-state index is 0.780. The Morgan fingerprint density at radius 2 is 2.06 bits per heavy atom. The van der Waals surface area contributed by atoms with Gasteiger partial charge < -0.3 is 9.88 Å². The molecule has 2 aromatic rings. The summed E-state index contributed by atoms with van der Waals surface area (Å²) in [6, 6.07) is 4.01. The van der Waals surface area contributed by atoms with Crippen molar-refractivity contribution >= 4 is 5.95 Å². The van der Waals surface area contributed by atoms with Gasteiger partial charge in [0.25, 0.3) is 0 Å². The summed E-state index contributed by atoms with van der Waals surface area (Å²) in [5, 5.41) is 3.36. The van der Waals surface area contributed by atoms with Crippen molar-refractivity contribution in [2.75, 3.05) is 5.32 Å². The second kappa shape index (κ2) is 5.48. The molecule has 0 aliphatic heterocycles. The molecule has 2 rings (SSSR count). The molecular formula is C13H18N4. The molecule has 0 amide bonds. The van der Waals surface area contributed by atoms with Crippen LogP contribution in [0, 0.1) is 6.92 Å². The zero-order valence-electron chi connectivity index (χ0n) is 10.3. The lowest BCUT2D eigenvalue weighted by molar-refractivity contribution is 0.681. The SMILES string of the molecule is CCCn1cc(C)nc1NCc1ccncc1. The lowest BCUT2D eigenvalue weighted by Crippen LogP contribution is -2.07. The average molecular weight is 230 g/mol. The summed E-state index contributed by atoms with van der Waals surface area (Å²) in [6.07, 6.45) is 6.81. The Labute approximate surface area is 102 Å². The van der Waals surface area contributed by atoms with Gasteiger partial charge in [-0.05, 0) is 31.0 Å². The zero-order chi connectivity index (χ0) is 12.1. The molecule has 2 aromatic heterocycles. The number of hydrogen-bond acceptors (Lipinski definition) is 3. The number of rotatable bonds is 5. The summed E-state index contributed by atoms with van der Waals surface area (Å²) in [6.45, 7) is 5.97. The van der Waals surface area contributed by atoms with E-state index in [0.29, 0.717) is 0 Å². The number of anilines is 1. The fourth-order valence-corrected chi connectivity index (χ4v) is 1.78. The normalized spacial score (nSPS) is 10.5. The van der Waals surface area contributed by atoms with Crippen molar-refractivity contribution in [2.45, 2.75) is 33.4 Å². The summed E-state index contributed by atoms with van der Waals surface area (Å²) in [5.74, 6) is 0.946. The Hall–Kier alpha value is -1.84. The van der Waals surface area contributed by atoms with Crippen molar-refractivity contribution in [3.63, 3.8) is 0 Å². The molecule has 0 fully saturated rings. The van der Waals surface area contributed by atoms with Gasteiger partial charge in [0.2, 0.25) is 5.95 Å². The molecule has 0 aliphatic carbocycles. The Kier molecular flexibility index (Phi) is 3.75. The number of nitrogens with zero attached hydrogens (tertiary/aromatic N) is 3. The molecule has 4 nitrogen and oxygen atoms in total. The number of imidazole rings is 1. The minimum atomic E-state index is 0.780. The van der Waals surface area contributed by atoms with Gasteiger partial charge in [0.15, 0.2) is 0 Å². The van der Waals surface area contributed by atoms with Crippen LogP contribution in [0.15, 0.2) is 30.7 Å². The lowest BCUT2D eigenvalue weighted by atomic mass is 10.3. The Balaban J connectivity index is 2.03. The van der Waals surface area contributed by atoms with E-state index in [1.54, 1.807) is 12.4 Å². The summed E-state index contributed by atoms with van der Waals surface area (Å²) < 4.78 is 2.16. The van der Waals surface area contributed by atoms with E-state index in [1.807, 2.05) is 19.1 Å². The van der Waals surface area contributed by atoms with Crippen LogP contribution in [0.25, 0.3) is 0 Å². The molecule has 0 unspecified atom stereocenters. The molecule has 17 heavy (non-hydrogen) atoms. The first-order valence-electron chi connectivity index (χ1n) is 5.96. The van der Waals surface area contributed by atoms with Crippen LogP contribution in [-0.4, -0.2) is 14.5 Å². The number of hydrogen-bond donors (Lipinski definition) is 1. The standard InChI is InChI=1S/C13H18N4/c1-3-8-17-10-11(2)16-13(17)15-9-12-4-6-14-7-5-12/h4-7,10H,3,8-9H2,1-2H3,(H,15,16). The highest BCUT2D eigenvalue weighted by atomic mass is 15.2. The minimum Gasteiger partial charge on any atom is -0.352 e. The summed E-state index contributed by atoms with van der Waals surface area (Å²) >= 11 is 0. The van der Waals surface area contributed by atoms with Gasteiger partial charge in [-0.1, -0.05) is 6.92 Å². The highest BCUT2D eigenvalue weighted by Crippen LogP contribution is 2.10. The van der Waals surface area contributed by atoms with E-state index in [2.05, 4.69) is 33.0 Å². The highest BCUT2D eigenvalue weighted by molar-refractivity contribution is 5.30. The number of nitrogens with one attached hydrogen (secondary N) is 1. The van der Waals surface area contributed by atoms with Crippen LogP contribution in [0.3, 0.4) is 0 Å². The van der Waals surface area contributed by atoms with Gasteiger partial charge in [-0.3, -0.25) is 4.98 Å². The predicted octanol–water partition coefficient (Wildman–Crippen LogP) is 2.61. The van der Waals surface area contributed by atoms with Gasteiger partial charge in [-0.25, -0.2) is 4.98 Å². The van der Waals surface area contributed by atoms with E-state index >= 15 is 0 Å². The third-order valence-corrected chi connectivity index (χ3v) is 2.56. The van der Waals surface area contributed by atoms with Gasteiger partial charge in [-0.2, -0.15) is 0 Å². The van der Waals surface area contributed by atoms with Crippen molar-refractivity contribution in [3.8, 4) is 0 Å². The molecular weight excluding hydrogens is 212 g/mol. The molecule has 0 atom stereocenters. The molecule has 0 radical (unpaired) electrons. The van der Waals surface area contributed by atoms with Crippen LogP contribution in [0.4, 0.5) is 5.95 Å². The van der Waals surface area contributed by atoms with Crippen molar-refractivity contribution in [1.82, 2.24) is 14.5 Å². The van der Waals surface area contributed by atoms with Crippen LogP contribution < -0.4 is 5.32 Å². The summed E-state index contributed by atoms with van der Waals surface area (Å²) in [5.41, 5.74) is 2.26. The molecule has 0 spiro atoms. The Morgan fingerprint density at radius 3 is 2.76 bits per heavy atom. The molecule has 0 aliphatic rings. The monoisotopic (exact) mass is 230 g/mol. The third kappa shape index (κ3) is 3.06.